The van der Waals surface area contributed by atoms with Crippen LogP contribution in [0.4, 0.5) is 0 Å². The normalized spacial score (nSPS) is 11.3. The van der Waals surface area contributed by atoms with Crippen LogP contribution in [0.15, 0.2) is 103 Å². The standard InChI is InChI=1S/C29H22N2/c1-21-8-6-10-24(20-21)27-14-7-11-25(31-27)18-17-23-16-15-22-9-2-3-12-26(22)29(23)28-13-4-5-19-30-28/h2-20H,1H3. The molecule has 31 heavy (non-hydrogen) atoms. The number of pyridine rings is 2. The highest BCUT2D eigenvalue weighted by atomic mass is 14.7. The molecule has 0 amide bonds. The molecule has 0 aliphatic carbocycles. The lowest BCUT2D eigenvalue weighted by atomic mass is 9.95. The van der Waals surface area contributed by atoms with Crippen molar-refractivity contribution in [2.45, 2.75) is 6.92 Å². The topological polar surface area (TPSA) is 25.8 Å². The first-order valence-corrected chi connectivity index (χ1v) is 10.4. The Bertz CT molecular complexity index is 1380. The van der Waals surface area contributed by atoms with E-state index in [-0.39, 0.29) is 0 Å². The van der Waals surface area contributed by atoms with Crippen LogP contribution in [0, 0.1) is 6.92 Å². The Morgan fingerprint density at radius 1 is 0.677 bits per heavy atom. The Labute approximate surface area is 182 Å². The van der Waals surface area contributed by atoms with E-state index in [1.54, 1.807) is 0 Å². The molecule has 0 fully saturated rings. The molecule has 0 N–H and O–H groups in total. The predicted octanol–water partition coefficient (Wildman–Crippen LogP) is 7.44. The lowest BCUT2D eigenvalue weighted by Crippen LogP contribution is -1.90. The van der Waals surface area contributed by atoms with Gasteiger partial charge >= 0.3 is 0 Å². The van der Waals surface area contributed by atoms with Crippen molar-refractivity contribution in [1.29, 1.82) is 0 Å². The first-order valence-electron chi connectivity index (χ1n) is 10.4. The molecule has 2 aromatic heterocycles. The van der Waals surface area contributed by atoms with Gasteiger partial charge in [-0.3, -0.25) is 4.98 Å². The van der Waals surface area contributed by atoms with E-state index >= 15 is 0 Å². The van der Waals surface area contributed by atoms with E-state index in [0.29, 0.717) is 0 Å². The molecule has 0 unspecified atom stereocenters. The molecule has 0 saturated heterocycles. The largest absolute Gasteiger partial charge is 0.256 e. The zero-order valence-corrected chi connectivity index (χ0v) is 17.4. The Morgan fingerprint density at radius 2 is 1.52 bits per heavy atom. The molecule has 148 valence electrons. The Morgan fingerprint density at radius 3 is 2.39 bits per heavy atom. The third kappa shape index (κ3) is 4.01. The number of rotatable bonds is 4. The summed E-state index contributed by atoms with van der Waals surface area (Å²) in [4.78, 5) is 9.49. The van der Waals surface area contributed by atoms with Crippen molar-refractivity contribution < 1.29 is 0 Å². The highest BCUT2D eigenvalue weighted by molar-refractivity contribution is 6.00. The summed E-state index contributed by atoms with van der Waals surface area (Å²) in [5, 5.41) is 2.41. The summed E-state index contributed by atoms with van der Waals surface area (Å²) in [7, 11) is 0. The van der Waals surface area contributed by atoms with Crippen LogP contribution in [-0.4, -0.2) is 9.97 Å². The Balaban J connectivity index is 1.58. The van der Waals surface area contributed by atoms with E-state index in [0.717, 1.165) is 33.8 Å². The second-order valence-electron chi connectivity index (χ2n) is 7.62. The van der Waals surface area contributed by atoms with Gasteiger partial charge in [0, 0.05) is 17.3 Å². The average molecular weight is 399 g/mol. The number of nitrogens with zero attached hydrogens (tertiary/aromatic N) is 2. The van der Waals surface area contributed by atoms with Crippen molar-refractivity contribution in [2.75, 3.05) is 0 Å². The summed E-state index contributed by atoms with van der Waals surface area (Å²) >= 11 is 0. The van der Waals surface area contributed by atoms with E-state index < -0.39 is 0 Å². The van der Waals surface area contributed by atoms with E-state index in [1.165, 1.54) is 16.3 Å². The van der Waals surface area contributed by atoms with Crippen LogP contribution >= 0.6 is 0 Å². The monoisotopic (exact) mass is 398 g/mol. The van der Waals surface area contributed by atoms with E-state index in [4.69, 9.17) is 4.98 Å². The first-order chi connectivity index (χ1) is 15.3. The van der Waals surface area contributed by atoms with Crippen molar-refractivity contribution >= 4 is 22.9 Å². The van der Waals surface area contributed by atoms with E-state index in [9.17, 15) is 0 Å². The smallest absolute Gasteiger partial charge is 0.0714 e. The number of benzene rings is 3. The first kappa shape index (κ1) is 19.0. The van der Waals surface area contributed by atoms with Crippen molar-refractivity contribution in [3.8, 4) is 22.5 Å². The zero-order chi connectivity index (χ0) is 21.0. The molecule has 0 bridgehead atoms. The Kier molecular flexibility index (Phi) is 5.12. The number of aryl methyl sites for hydroxylation is 1. The molecular formula is C29H22N2. The maximum Gasteiger partial charge on any atom is 0.0714 e. The van der Waals surface area contributed by atoms with Crippen LogP contribution in [-0.2, 0) is 0 Å². The van der Waals surface area contributed by atoms with Crippen LogP contribution < -0.4 is 0 Å². The van der Waals surface area contributed by atoms with Crippen LogP contribution in [0.25, 0.3) is 45.4 Å². The number of fused-ring (bicyclic) bond motifs is 1. The lowest BCUT2D eigenvalue weighted by Gasteiger charge is -2.10. The van der Waals surface area contributed by atoms with Gasteiger partial charge in [0.1, 0.15) is 0 Å². The average Bonchev–Trinajstić information content (AvgIpc) is 2.83. The van der Waals surface area contributed by atoms with Gasteiger partial charge < -0.3 is 0 Å². The van der Waals surface area contributed by atoms with Crippen LogP contribution in [0.3, 0.4) is 0 Å². The molecule has 3 aromatic carbocycles. The van der Waals surface area contributed by atoms with Gasteiger partial charge in [0.2, 0.25) is 0 Å². The number of hydrogen-bond donors (Lipinski definition) is 0. The molecule has 5 aromatic rings. The van der Waals surface area contributed by atoms with Gasteiger partial charge in [0.25, 0.3) is 0 Å². The summed E-state index contributed by atoms with van der Waals surface area (Å²) < 4.78 is 0. The fourth-order valence-electron chi connectivity index (χ4n) is 3.91. The SMILES string of the molecule is Cc1cccc(-c2cccc(C=Cc3ccc4ccccc4c3-c3ccccn3)n2)c1. The van der Waals surface area contributed by atoms with E-state index in [1.807, 2.05) is 24.4 Å². The van der Waals surface area contributed by atoms with Crippen molar-refractivity contribution in [1.82, 2.24) is 9.97 Å². The number of hydrogen-bond acceptors (Lipinski definition) is 2. The molecule has 2 heterocycles. The molecule has 5 rings (SSSR count). The quantitative estimate of drug-likeness (QED) is 0.314. The summed E-state index contributed by atoms with van der Waals surface area (Å²) in [6, 6.07) is 33.4. The predicted molar refractivity (Wildman–Crippen MR) is 131 cm³/mol. The fraction of sp³-hybridized carbons (Fsp3) is 0.0345. The molecule has 2 nitrogen and oxygen atoms in total. The molecule has 0 atom stereocenters. The highest BCUT2D eigenvalue weighted by Crippen LogP contribution is 2.32. The van der Waals surface area contributed by atoms with E-state index in [2.05, 4.69) is 103 Å². The third-order valence-corrected chi connectivity index (χ3v) is 5.40. The van der Waals surface area contributed by atoms with Gasteiger partial charge in [0.05, 0.1) is 17.1 Å². The van der Waals surface area contributed by atoms with Gasteiger partial charge in [-0.05, 0) is 59.7 Å². The van der Waals surface area contributed by atoms with Gasteiger partial charge in [-0.1, -0.05) is 78.4 Å². The highest BCUT2D eigenvalue weighted by Gasteiger charge is 2.09. The molecular weight excluding hydrogens is 376 g/mol. The fourth-order valence-corrected chi connectivity index (χ4v) is 3.91. The van der Waals surface area contributed by atoms with Gasteiger partial charge in [-0.25, -0.2) is 4.98 Å². The summed E-state index contributed by atoms with van der Waals surface area (Å²) in [5.41, 5.74) is 7.52. The van der Waals surface area contributed by atoms with Crippen LogP contribution in [0.2, 0.25) is 0 Å². The zero-order valence-electron chi connectivity index (χ0n) is 17.4. The second-order valence-corrected chi connectivity index (χ2v) is 7.62. The molecule has 2 heteroatoms. The third-order valence-electron chi connectivity index (χ3n) is 5.40. The van der Waals surface area contributed by atoms with Crippen molar-refractivity contribution in [3.63, 3.8) is 0 Å². The van der Waals surface area contributed by atoms with Crippen molar-refractivity contribution in [3.05, 3.63) is 120 Å². The summed E-state index contributed by atoms with van der Waals surface area (Å²) in [5.74, 6) is 0. The maximum absolute atomic E-state index is 4.86. The molecule has 0 radical (unpaired) electrons. The second kappa shape index (κ2) is 8.37. The maximum atomic E-state index is 4.86. The minimum Gasteiger partial charge on any atom is -0.256 e. The van der Waals surface area contributed by atoms with Crippen LogP contribution in [0.1, 0.15) is 16.8 Å². The number of aromatic nitrogens is 2. The minimum absolute atomic E-state index is 0.930. The Hall–Kier alpha value is -4.04. The summed E-state index contributed by atoms with van der Waals surface area (Å²) in [6.07, 6.45) is 6.06. The molecule has 0 spiro atoms. The molecule has 0 saturated carbocycles. The molecule has 0 aliphatic heterocycles. The lowest BCUT2D eigenvalue weighted by molar-refractivity contribution is 1.29. The van der Waals surface area contributed by atoms with Gasteiger partial charge in [0.15, 0.2) is 0 Å². The van der Waals surface area contributed by atoms with Crippen LogP contribution in [0.5, 0.6) is 0 Å². The van der Waals surface area contributed by atoms with Gasteiger partial charge in [-0.2, -0.15) is 0 Å². The minimum atomic E-state index is 0.930. The van der Waals surface area contributed by atoms with Gasteiger partial charge in [-0.15, -0.1) is 0 Å². The van der Waals surface area contributed by atoms with Crippen molar-refractivity contribution in [2.24, 2.45) is 0 Å². The summed E-state index contributed by atoms with van der Waals surface area (Å²) in [6.45, 7) is 2.10. The molecule has 0 aliphatic rings.